The molecule has 0 aromatic heterocycles. The van der Waals surface area contributed by atoms with Crippen molar-refractivity contribution >= 4 is 5.97 Å². The number of esters is 1. The van der Waals surface area contributed by atoms with Crippen molar-refractivity contribution in [1.82, 2.24) is 4.90 Å². The van der Waals surface area contributed by atoms with Crippen LogP contribution in [0.5, 0.6) is 0 Å². The third kappa shape index (κ3) is 1.97. The van der Waals surface area contributed by atoms with E-state index in [9.17, 15) is 4.79 Å². The van der Waals surface area contributed by atoms with Crippen molar-refractivity contribution in [3.63, 3.8) is 0 Å². The summed E-state index contributed by atoms with van der Waals surface area (Å²) < 4.78 is 4.73. The molecule has 1 rings (SSSR count). The first-order valence-corrected chi connectivity index (χ1v) is 4.43. The second-order valence-corrected chi connectivity index (χ2v) is 3.65. The molecule has 0 aromatic rings. The quantitative estimate of drug-likeness (QED) is 0.549. The van der Waals surface area contributed by atoms with Crippen molar-refractivity contribution in [2.75, 3.05) is 20.7 Å². The maximum atomic E-state index is 11.3. The van der Waals surface area contributed by atoms with Crippen LogP contribution in [0.1, 0.15) is 19.8 Å². The van der Waals surface area contributed by atoms with Gasteiger partial charge in [-0.3, -0.25) is 9.69 Å². The summed E-state index contributed by atoms with van der Waals surface area (Å²) in [5, 5.41) is 0. The van der Waals surface area contributed by atoms with Gasteiger partial charge in [0.05, 0.1) is 7.11 Å². The molecule has 1 saturated heterocycles. The van der Waals surface area contributed by atoms with Crippen LogP contribution in [-0.2, 0) is 9.53 Å². The maximum Gasteiger partial charge on any atom is 0.323 e. The highest BCUT2D eigenvalue weighted by Gasteiger charge is 2.29. The topological polar surface area (TPSA) is 29.5 Å². The summed E-state index contributed by atoms with van der Waals surface area (Å²) in [5.74, 6) is 0.550. The summed E-state index contributed by atoms with van der Waals surface area (Å²) in [6, 6.07) is -0.0150. The first-order chi connectivity index (χ1) is 5.65. The van der Waals surface area contributed by atoms with Gasteiger partial charge in [-0.2, -0.15) is 0 Å². The van der Waals surface area contributed by atoms with Crippen LogP contribution in [0.4, 0.5) is 0 Å². The molecule has 1 aliphatic heterocycles. The number of likely N-dealkylation sites (tertiary alicyclic amines) is 1. The first-order valence-electron chi connectivity index (χ1n) is 4.43. The average Bonchev–Trinajstić information content (AvgIpc) is 2.08. The first kappa shape index (κ1) is 9.52. The van der Waals surface area contributed by atoms with Gasteiger partial charge in [-0.15, -0.1) is 0 Å². The van der Waals surface area contributed by atoms with E-state index in [0.29, 0.717) is 5.92 Å². The predicted molar refractivity (Wildman–Crippen MR) is 46.8 cm³/mol. The van der Waals surface area contributed by atoms with Crippen molar-refractivity contribution in [1.29, 1.82) is 0 Å². The van der Waals surface area contributed by atoms with E-state index in [1.165, 1.54) is 13.5 Å². The smallest absolute Gasteiger partial charge is 0.323 e. The fraction of sp³-hybridized carbons (Fsp3) is 0.889. The molecule has 1 aliphatic rings. The lowest BCUT2D eigenvalue weighted by Gasteiger charge is -2.33. The van der Waals surface area contributed by atoms with Gasteiger partial charge in [-0.1, -0.05) is 6.92 Å². The Labute approximate surface area is 73.7 Å². The minimum Gasteiger partial charge on any atom is -0.468 e. The average molecular weight is 171 g/mol. The lowest BCUT2D eigenvalue weighted by molar-refractivity contribution is -0.148. The Bertz CT molecular complexity index is 170. The van der Waals surface area contributed by atoms with Gasteiger partial charge in [-0.25, -0.2) is 0 Å². The zero-order valence-electron chi connectivity index (χ0n) is 8.04. The number of carbonyl (C=O) groups is 1. The van der Waals surface area contributed by atoms with E-state index in [1.807, 2.05) is 7.05 Å². The molecule has 0 spiro atoms. The van der Waals surface area contributed by atoms with Gasteiger partial charge in [0.25, 0.3) is 0 Å². The van der Waals surface area contributed by atoms with E-state index in [4.69, 9.17) is 4.74 Å². The molecule has 1 fully saturated rings. The number of hydrogen-bond acceptors (Lipinski definition) is 3. The van der Waals surface area contributed by atoms with Crippen LogP contribution in [0.15, 0.2) is 0 Å². The lowest BCUT2D eigenvalue weighted by atomic mass is 9.93. The molecule has 12 heavy (non-hydrogen) atoms. The predicted octanol–water partition coefficient (Wildman–Crippen LogP) is 0.890. The van der Waals surface area contributed by atoms with E-state index in [1.54, 1.807) is 0 Å². The number of methoxy groups -OCH3 is 1. The van der Waals surface area contributed by atoms with E-state index >= 15 is 0 Å². The minimum atomic E-state index is -0.0935. The SMILES string of the molecule is COC(=O)C1C[C@@H](C)CCN1C. The highest BCUT2D eigenvalue weighted by atomic mass is 16.5. The summed E-state index contributed by atoms with van der Waals surface area (Å²) in [5.41, 5.74) is 0. The maximum absolute atomic E-state index is 11.3. The Morgan fingerprint density at radius 2 is 2.25 bits per heavy atom. The van der Waals surface area contributed by atoms with Crippen LogP contribution in [0.25, 0.3) is 0 Å². The van der Waals surface area contributed by atoms with Crippen LogP contribution in [0, 0.1) is 5.92 Å². The van der Waals surface area contributed by atoms with Crippen molar-refractivity contribution < 1.29 is 9.53 Å². The molecule has 3 heteroatoms. The van der Waals surface area contributed by atoms with Crippen molar-refractivity contribution in [3.05, 3.63) is 0 Å². The van der Waals surface area contributed by atoms with E-state index in [2.05, 4.69) is 11.8 Å². The molecule has 70 valence electrons. The Morgan fingerprint density at radius 3 is 2.83 bits per heavy atom. The molecular formula is C9H17NO2. The van der Waals surface area contributed by atoms with Gasteiger partial charge in [0.2, 0.25) is 0 Å². The molecule has 1 heterocycles. The Balaban J connectivity index is 2.54. The van der Waals surface area contributed by atoms with E-state index in [0.717, 1.165) is 13.0 Å². The normalized spacial score (nSPS) is 31.6. The van der Waals surface area contributed by atoms with Crippen molar-refractivity contribution in [2.45, 2.75) is 25.8 Å². The van der Waals surface area contributed by atoms with Gasteiger partial charge in [0.15, 0.2) is 0 Å². The van der Waals surface area contributed by atoms with Crippen molar-refractivity contribution in [2.24, 2.45) is 5.92 Å². The van der Waals surface area contributed by atoms with Gasteiger partial charge < -0.3 is 4.74 Å². The van der Waals surface area contributed by atoms with Crippen LogP contribution in [0.2, 0.25) is 0 Å². The Morgan fingerprint density at radius 1 is 1.58 bits per heavy atom. The van der Waals surface area contributed by atoms with Gasteiger partial charge in [-0.05, 0) is 32.4 Å². The zero-order valence-corrected chi connectivity index (χ0v) is 8.04. The van der Waals surface area contributed by atoms with Gasteiger partial charge >= 0.3 is 5.97 Å². The van der Waals surface area contributed by atoms with Crippen LogP contribution in [0.3, 0.4) is 0 Å². The molecule has 3 nitrogen and oxygen atoms in total. The molecule has 0 bridgehead atoms. The fourth-order valence-electron chi connectivity index (χ4n) is 1.67. The summed E-state index contributed by atoms with van der Waals surface area (Å²) in [6.45, 7) is 3.18. The summed E-state index contributed by atoms with van der Waals surface area (Å²) in [6.07, 6.45) is 2.12. The second-order valence-electron chi connectivity index (χ2n) is 3.65. The van der Waals surface area contributed by atoms with Crippen LogP contribution >= 0.6 is 0 Å². The molecule has 0 radical (unpaired) electrons. The largest absolute Gasteiger partial charge is 0.468 e. The number of piperidine rings is 1. The molecule has 2 atom stereocenters. The highest BCUT2D eigenvalue weighted by Crippen LogP contribution is 2.21. The highest BCUT2D eigenvalue weighted by molar-refractivity contribution is 5.75. The van der Waals surface area contributed by atoms with Crippen molar-refractivity contribution in [3.8, 4) is 0 Å². The van der Waals surface area contributed by atoms with E-state index in [-0.39, 0.29) is 12.0 Å². The Kier molecular flexibility index (Phi) is 3.09. The monoisotopic (exact) mass is 171 g/mol. The van der Waals surface area contributed by atoms with E-state index < -0.39 is 0 Å². The summed E-state index contributed by atoms with van der Waals surface area (Å²) >= 11 is 0. The molecular weight excluding hydrogens is 154 g/mol. The molecule has 0 aliphatic carbocycles. The second kappa shape index (κ2) is 3.90. The molecule has 0 aromatic carbocycles. The number of rotatable bonds is 1. The third-order valence-corrected chi connectivity index (χ3v) is 2.61. The van der Waals surface area contributed by atoms with Crippen LogP contribution in [-0.4, -0.2) is 37.6 Å². The number of nitrogens with zero attached hydrogens (tertiary/aromatic N) is 1. The number of likely N-dealkylation sites (N-methyl/N-ethyl adjacent to an activating group) is 1. The molecule has 0 saturated carbocycles. The molecule has 0 amide bonds. The third-order valence-electron chi connectivity index (χ3n) is 2.61. The minimum absolute atomic E-state index is 0.0150. The summed E-state index contributed by atoms with van der Waals surface area (Å²) in [4.78, 5) is 13.3. The number of ether oxygens (including phenoxy) is 1. The standard InChI is InChI=1S/C9H17NO2/c1-7-4-5-10(2)8(6-7)9(11)12-3/h7-8H,4-6H2,1-3H3/t7-,8?/m0/s1. The van der Waals surface area contributed by atoms with Gasteiger partial charge in [0, 0.05) is 0 Å². The fourth-order valence-corrected chi connectivity index (χ4v) is 1.67. The molecule has 1 unspecified atom stereocenters. The van der Waals surface area contributed by atoms with Gasteiger partial charge in [0.1, 0.15) is 6.04 Å². The number of carbonyl (C=O) groups excluding carboxylic acids is 1. The summed E-state index contributed by atoms with van der Waals surface area (Å²) in [7, 11) is 3.43. The van der Waals surface area contributed by atoms with Crippen LogP contribution < -0.4 is 0 Å². The number of hydrogen-bond donors (Lipinski definition) is 0. The Hall–Kier alpha value is -0.570. The molecule has 0 N–H and O–H groups in total. The zero-order chi connectivity index (χ0) is 9.14. The lowest BCUT2D eigenvalue weighted by Crippen LogP contribution is -2.44.